The molecule has 0 radical (unpaired) electrons. The molecule has 1 N–H and O–H groups in total. The molecule has 2 heterocycles. The maximum Gasteiger partial charge on any atom is 0.227 e. The molecule has 3 rings (SSSR count). The Hall–Kier alpha value is -2.34. The molecule has 0 fully saturated rings. The van der Waals surface area contributed by atoms with Gasteiger partial charge in [0.2, 0.25) is 5.91 Å². The van der Waals surface area contributed by atoms with E-state index in [0.717, 1.165) is 44.1 Å². The third kappa shape index (κ3) is 4.43. The normalized spacial score (nSPS) is 13.6. The van der Waals surface area contributed by atoms with Crippen molar-refractivity contribution in [3.63, 3.8) is 0 Å². The van der Waals surface area contributed by atoms with Crippen LogP contribution in [-0.4, -0.2) is 44.0 Å². The molecule has 5 nitrogen and oxygen atoms in total. The Balaban J connectivity index is 1.42. The van der Waals surface area contributed by atoms with E-state index in [2.05, 4.69) is 38.1 Å². The van der Waals surface area contributed by atoms with Crippen LogP contribution in [0, 0.1) is 0 Å². The zero-order chi connectivity index (χ0) is 18.4. The van der Waals surface area contributed by atoms with Crippen molar-refractivity contribution in [3.05, 3.63) is 52.2 Å². The Labute approximate surface area is 159 Å². The number of benzene rings is 1. The molecule has 6 heteroatoms. The summed E-state index contributed by atoms with van der Waals surface area (Å²) in [4.78, 5) is 20.9. The van der Waals surface area contributed by atoms with Crippen LogP contribution in [0.15, 0.2) is 46.1 Å². The zero-order valence-electron chi connectivity index (χ0n) is 15.4. The van der Waals surface area contributed by atoms with Gasteiger partial charge in [-0.1, -0.05) is 18.2 Å². The standard InChI is InChI=1S/C20H26N4OS/c1-21-20(23(2)14-16-10-13-26-15-16)22-11-5-8-19(25)24-12-9-17-6-3-4-7-18(17)24/h3-4,6-7,10,13,15H,5,8-9,11-12,14H2,1-2H3,(H,21,22). The van der Waals surface area contributed by atoms with Crippen molar-refractivity contribution in [2.75, 3.05) is 32.1 Å². The van der Waals surface area contributed by atoms with Crippen LogP contribution in [0.4, 0.5) is 5.69 Å². The Morgan fingerprint density at radius 1 is 1.35 bits per heavy atom. The number of para-hydroxylation sites is 1. The molecular weight excluding hydrogens is 344 g/mol. The number of amides is 1. The van der Waals surface area contributed by atoms with E-state index < -0.39 is 0 Å². The second-order valence-corrected chi connectivity index (χ2v) is 7.27. The number of carbonyl (C=O) groups excluding carboxylic acids is 1. The number of guanidine groups is 1. The quantitative estimate of drug-likeness (QED) is 0.483. The average Bonchev–Trinajstić information content (AvgIpc) is 3.31. The number of nitrogens with zero attached hydrogens (tertiary/aromatic N) is 3. The van der Waals surface area contributed by atoms with Gasteiger partial charge in [-0.25, -0.2) is 0 Å². The van der Waals surface area contributed by atoms with Crippen molar-refractivity contribution in [3.8, 4) is 0 Å². The monoisotopic (exact) mass is 370 g/mol. The first-order valence-corrected chi connectivity index (χ1v) is 9.94. The third-order valence-electron chi connectivity index (χ3n) is 4.61. The molecule has 0 aliphatic carbocycles. The lowest BCUT2D eigenvalue weighted by Crippen LogP contribution is -2.39. The smallest absolute Gasteiger partial charge is 0.227 e. The van der Waals surface area contributed by atoms with Crippen LogP contribution < -0.4 is 10.2 Å². The molecule has 26 heavy (non-hydrogen) atoms. The first-order chi connectivity index (χ1) is 12.7. The highest BCUT2D eigenvalue weighted by Crippen LogP contribution is 2.27. The molecule has 0 unspecified atom stereocenters. The summed E-state index contributed by atoms with van der Waals surface area (Å²) in [5.41, 5.74) is 3.63. The summed E-state index contributed by atoms with van der Waals surface area (Å²) in [7, 11) is 3.82. The topological polar surface area (TPSA) is 47.9 Å². The molecule has 1 aromatic heterocycles. The number of fused-ring (bicyclic) bond motifs is 1. The van der Waals surface area contributed by atoms with Gasteiger partial charge in [-0.05, 0) is 46.9 Å². The van der Waals surface area contributed by atoms with Crippen LogP contribution in [0.3, 0.4) is 0 Å². The summed E-state index contributed by atoms with van der Waals surface area (Å²) in [6, 6.07) is 10.3. The van der Waals surface area contributed by atoms with Gasteiger partial charge < -0.3 is 15.1 Å². The summed E-state index contributed by atoms with van der Waals surface area (Å²) in [5, 5.41) is 7.59. The lowest BCUT2D eigenvalue weighted by molar-refractivity contribution is -0.118. The minimum atomic E-state index is 0.207. The zero-order valence-corrected chi connectivity index (χ0v) is 16.3. The van der Waals surface area contributed by atoms with Crippen molar-refractivity contribution in [2.45, 2.75) is 25.8 Å². The summed E-state index contributed by atoms with van der Waals surface area (Å²) in [6.45, 7) is 2.37. The predicted octanol–water partition coefficient (Wildman–Crippen LogP) is 3.12. The van der Waals surface area contributed by atoms with Gasteiger partial charge in [0, 0.05) is 45.8 Å². The molecule has 0 bridgehead atoms. The van der Waals surface area contributed by atoms with Gasteiger partial charge in [0.05, 0.1) is 0 Å². The van der Waals surface area contributed by atoms with Gasteiger partial charge in [-0.3, -0.25) is 9.79 Å². The first-order valence-electron chi connectivity index (χ1n) is 9.00. The second kappa shape index (κ2) is 8.85. The van der Waals surface area contributed by atoms with Crippen LogP contribution in [0.5, 0.6) is 0 Å². The van der Waals surface area contributed by atoms with E-state index in [1.54, 1.807) is 18.4 Å². The molecular formula is C20H26N4OS. The Kier molecular flexibility index (Phi) is 6.28. The minimum absolute atomic E-state index is 0.207. The molecule has 138 valence electrons. The van der Waals surface area contributed by atoms with Crippen molar-refractivity contribution < 1.29 is 4.79 Å². The van der Waals surface area contributed by atoms with Gasteiger partial charge in [-0.15, -0.1) is 0 Å². The van der Waals surface area contributed by atoms with Crippen LogP contribution in [-0.2, 0) is 17.8 Å². The SMILES string of the molecule is CN=C(NCCCC(=O)N1CCc2ccccc21)N(C)Cc1ccsc1. The highest BCUT2D eigenvalue weighted by Gasteiger charge is 2.23. The maximum absolute atomic E-state index is 12.5. The molecule has 1 aliphatic rings. The molecule has 1 aromatic carbocycles. The Morgan fingerprint density at radius 3 is 2.96 bits per heavy atom. The number of carbonyl (C=O) groups is 1. The average molecular weight is 371 g/mol. The lowest BCUT2D eigenvalue weighted by atomic mass is 10.2. The van der Waals surface area contributed by atoms with E-state index in [0.29, 0.717) is 6.42 Å². The van der Waals surface area contributed by atoms with Crippen LogP contribution >= 0.6 is 11.3 Å². The second-order valence-electron chi connectivity index (χ2n) is 6.49. The largest absolute Gasteiger partial charge is 0.356 e. The highest BCUT2D eigenvalue weighted by atomic mass is 32.1. The van der Waals surface area contributed by atoms with E-state index in [-0.39, 0.29) is 5.91 Å². The summed E-state index contributed by atoms with van der Waals surface area (Å²) < 4.78 is 0. The number of hydrogen-bond donors (Lipinski definition) is 1. The predicted molar refractivity (Wildman–Crippen MR) is 109 cm³/mol. The molecule has 0 atom stereocenters. The minimum Gasteiger partial charge on any atom is -0.356 e. The van der Waals surface area contributed by atoms with Crippen LogP contribution in [0.1, 0.15) is 24.0 Å². The molecule has 2 aromatic rings. The summed E-state index contributed by atoms with van der Waals surface area (Å²) in [6.07, 6.45) is 2.30. The number of hydrogen-bond acceptors (Lipinski definition) is 3. The van der Waals surface area contributed by atoms with Gasteiger partial charge in [0.15, 0.2) is 5.96 Å². The first kappa shape index (κ1) is 18.5. The van der Waals surface area contributed by atoms with Gasteiger partial charge >= 0.3 is 0 Å². The molecule has 0 saturated heterocycles. The van der Waals surface area contributed by atoms with Crippen LogP contribution in [0.2, 0.25) is 0 Å². The fourth-order valence-corrected chi connectivity index (χ4v) is 3.95. The van der Waals surface area contributed by atoms with Gasteiger partial charge in [0.1, 0.15) is 0 Å². The van der Waals surface area contributed by atoms with E-state index in [1.165, 1.54) is 11.1 Å². The van der Waals surface area contributed by atoms with Crippen molar-refractivity contribution >= 4 is 28.9 Å². The summed E-state index contributed by atoms with van der Waals surface area (Å²) >= 11 is 1.70. The molecule has 0 saturated carbocycles. The summed E-state index contributed by atoms with van der Waals surface area (Å²) in [5.74, 6) is 1.06. The third-order valence-corrected chi connectivity index (χ3v) is 5.34. The molecule has 1 aliphatic heterocycles. The van der Waals surface area contributed by atoms with Gasteiger partial charge in [-0.2, -0.15) is 11.3 Å². The van der Waals surface area contributed by atoms with E-state index >= 15 is 0 Å². The number of thiophene rings is 1. The Morgan fingerprint density at radius 2 is 2.19 bits per heavy atom. The maximum atomic E-state index is 12.5. The van der Waals surface area contributed by atoms with Crippen molar-refractivity contribution in [1.29, 1.82) is 0 Å². The highest BCUT2D eigenvalue weighted by molar-refractivity contribution is 7.07. The Bertz CT molecular complexity index is 757. The molecule has 1 amide bonds. The fourth-order valence-electron chi connectivity index (χ4n) is 3.29. The van der Waals surface area contributed by atoms with E-state index in [9.17, 15) is 4.79 Å². The van der Waals surface area contributed by atoms with E-state index in [1.807, 2.05) is 30.1 Å². The molecule has 0 spiro atoms. The number of anilines is 1. The number of aliphatic imine (C=N–C) groups is 1. The fraction of sp³-hybridized carbons (Fsp3) is 0.400. The van der Waals surface area contributed by atoms with Crippen molar-refractivity contribution in [2.24, 2.45) is 4.99 Å². The van der Waals surface area contributed by atoms with E-state index in [4.69, 9.17) is 0 Å². The van der Waals surface area contributed by atoms with Gasteiger partial charge in [0.25, 0.3) is 0 Å². The number of nitrogens with one attached hydrogen (secondary N) is 1. The van der Waals surface area contributed by atoms with Crippen molar-refractivity contribution in [1.82, 2.24) is 10.2 Å². The van der Waals surface area contributed by atoms with Crippen LogP contribution in [0.25, 0.3) is 0 Å². The lowest BCUT2D eigenvalue weighted by Gasteiger charge is -2.22. The number of rotatable bonds is 6.